The number of nitrogens with zero attached hydrogens (tertiary/aromatic N) is 4. The van der Waals surface area contributed by atoms with Crippen molar-refractivity contribution in [1.82, 2.24) is 14.9 Å². The molecule has 0 radical (unpaired) electrons. The van der Waals surface area contributed by atoms with Crippen LogP contribution in [0.2, 0.25) is 0 Å². The Labute approximate surface area is 121 Å². The van der Waals surface area contributed by atoms with Crippen LogP contribution in [0.25, 0.3) is 0 Å². The van der Waals surface area contributed by atoms with Gasteiger partial charge in [0.1, 0.15) is 5.82 Å². The highest BCUT2D eigenvalue weighted by Crippen LogP contribution is 2.25. The molecular formula is C15H25N5. The predicted molar refractivity (Wildman–Crippen MR) is 81.8 cm³/mol. The van der Waals surface area contributed by atoms with E-state index in [9.17, 15) is 0 Å². The Bertz CT molecular complexity index is 448. The summed E-state index contributed by atoms with van der Waals surface area (Å²) >= 11 is 0. The normalized spacial score (nSPS) is 22.1. The predicted octanol–water partition coefficient (Wildman–Crippen LogP) is 1.82. The van der Waals surface area contributed by atoms with Crippen LogP contribution < -0.4 is 10.6 Å². The minimum Gasteiger partial charge on any atom is -0.368 e. The van der Waals surface area contributed by atoms with Crippen molar-refractivity contribution in [3.63, 3.8) is 0 Å². The molecule has 0 unspecified atom stereocenters. The van der Waals surface area contributed by atoms with Gasteiger partial charge >= 0.3 is 0 Å². The van der Waals surface area contributed by atoms with Gasteiger partial charge in [0.2, 0.25) is 5.95 Å². The molecule has 2 saturated heterocycles. The molecule has 0 amide bonds. The van der Waals surface area contributed by atoms with Gasteiger partial charge < -0.3 is 15.5 Å². The Morgan fingerprint density at radius 2 is 1.80 bits per heavy atom. The number of nitrogens with two attached hydrogens (primary N) is 1. The van der Waals surface area contributed by atoms with Crippen LogP contribution in [0.5, 0.6) is 0 Å². The summed E-state index contributed by atoms with van der Waals surface area (Å²) < 4.78 is 0. The van der Waals surface area contributed by atoms with Crippen molar-refractivity contribution < 1.29 is 0 Å². The first-order valence-corrected chi connectivity index (χ1v) is 7.82. The molecule has 20 heavy (non-hydrogen) atoms. The maximum absolute atomic E-state index is 5.72. The molecule has 0 bridgehead atoms. The van der Waals surface area contributed by atoms with E-state index in [4.69, 9.17) is 5.73 Å². The minimum absolute atomic E-state index is 0.378. The van der Waals surface area contributed by atoms with Crippen LogP contribution in [0.15, 0.2) is 6.20 Å². The molecule has 1 aromatic rings. The molecule has 5 heteroatoms. The fourth-order valence-corrected chi connectivity index (χ4v) is 3.49. The third kappa shape index (κ3) is 2.87. The molecule has 3 rings (SSSR count). The summed E-state index contributed by atoms with van der Waals surface area (Å²) in [6, 6.07) is 0.769. The SMILES string of the molecule is Cc1cnc(N)nc1N1CCC(N2CCCCC2)CC1. The van der Waals surface area contributed by atoms with Crippen LogP contribution in [-0.2, 0) is 0 Å². The monoisotopic (exact) mass is 275 g/mol. The van der Waals surface area contributed by atoms with E-state index in [0.717, 1.165) is 30.5 Å². The highest BCUT2D eigenvalue weighted by molar-refractivity contribution is 5.48. The standard InChI is InChI=1S/C15H25N5/c1-12-11-17-15(16)18-14(12)20-9-5-13(6-10-20)19-7-3-2-4-8-19/h11,13H,2-10H2,1H3,(H2,16,17,18). The lowest BCUT2D eigenvalue weighted by molar-refractivity contribution is 0.141. The zero-order valence-electron chi connectivity index (χ0n) is 12.4. The van der Waals surface area contributed by atoms with Gasteiger partial charge in [-0.2, -0.15) is 4.98 Å². The lowest BCUT2D eigenvalue weighted by Gasteiger charge is -2.40. The zero-order valence-corrected chi connectivity index (χ0v) is 12.4. The molecule has 2 N–H and O–H groups in total. The van der Waals surface area contributed by atoms with Gasteiger partial charge in [-0.1, -0.05) is 6.42 Å². The largest absolute Gasteiger partial charge is 0.368 e. The van der Waals surface area contributed by atoms with Crippen LogP contribution >= 0.6 is 0 Å². The van der Waals surface area contributed by atoms with E-state index < -0.39 is 0 Å². The van der Waals surface area contributed by atoms with Crippen molar-refractivity contribution in [1.29, 1.82) is 0 Å². The average molecular weight is 275 g/mol. The lowest BCUT2D eigenvalue weighted by Crippen LogP contribution is -2.47. The van der Waals surface area contributed by atoms with E-state index in [1.807, 2.05) is 6.20 Å². The minimum atomic E-state index is 0.378. The summed E-state index contributed by atoms with van der Waals surface area (Å²) in [5.74, 6) is 1.40. The summed E-state index contributed by atoms with van der Waals surface area (Å²) in [5, 5.41) is 0. The van der Waals surface area contributed by atoms with E-state index in [2.05, 4.69) is 26.7 Å². The highest BCUT2D eigenvalue weighted by Gasteiger charge is 2.26. The molecule has 3 heterocycles. The second kappa shape index (κ2) is 5.95. The molecule has 2 fully saturated rings. The van der Waals surface area contributed by atoms with Gasteiger partial charge in [-0.25, -0.2) is 4.98 Å². The molecule has 0 atom stereocenters. The maximum Gasteiger partial charge on any atom is 0.221 e. The van der Waals surface area contributed by atoms with E-state index in [-0.39, 0.29) is 0 Å². The maximum atomic E-state index is 5.72. The molecule has 0 aliphatic carbocycles. The van der Waals surface area contributed by atoms with Gasteiger partial charge in [0.25, 0.3) is 0 Å². The Hall–Kier alpha value is -1.36. The van der Waals surface area contributed by atoms with Crippen LogP contribution in [0, 0.1) is 6.92 Å². The van der Waals surface area contributed by atoms with Crippen molar-refractivity contribution in [2.75, 3.05) is 36.8 Å². The molecule has 2 aliphatic rings. The van der Waals surface area contributed by atoms with Gasteiger partial charge in [0, 0.05) is 30.9 Å². The number of anilines is 2. The first-order chi connectivity index (χ1) is 9.74. The lowest BCUT2D eigenvalue weighted by atomic mass is 10.00. The summed E-state index contributed by atoms with van der Waals surface area (Å²) in [7, 11) is 0. The van der Waals surface area contributed by atoms with Crippen molar-refractivity contribution in [3.8, 4) is 0 Å². The van der Waals surface area contributed by atoms with Gasteiger partial charge in [-0.15, -0.1) is 0 Å². The van der Waals surface area contributed by atoms with Gasteiger partial charge in [-0.3, -0.25) is 0 Å². The van der Waals surface area contributed by atoms with Gasteiger partial charge in [0.05, 0.1) is 0 Å². The van der Waals surface area contributed by atoms with Crippen molar-refractivity contribution in [2.24, 2.45) is 0 Å². The fraction of sp³-hybridized carbons (Fsp3) is 0.733. The summed E-state index contributed by atoms with van der Waals surface area (Å²) in [6.45, 7) is 6.82. The van der Waals surface area contributed by atoms with Crippen molar-refractivity contribution >= 4 is 11.8 Å². The van der Waals surface area contributed by atoms with Crippen LogP contribution in [0.4, 0.5) is 11.8 Å². The second-order valence-corrected chi connectivity index (χ2v) is 6.05. The summed E-state index contributed by atoms with van der Waals surface area (Å²) in [4.78, 5) is 13.5. The molecule has 0 spiro atoms. The van der Waals surface area contributed by atoms with Crippen molar-refractivity contribution in [3.05, 3.63) is 11.8 Å². The van der Waals surface area contributed by atoms with Crippen LogP contribution in [0.1, 0.15) is 37.7 Å². The van der Waals surface area contributed by atoms with E-state index >= 15 is 0 Å². The van der Waals surface area contributed by atoms with Gasteiger partial charge in [0.15, 0.2) is 0 Å². The second-order valence-electron chi connectivity index (χ2n) is 6.05. The van der Waals surface area contributed by atoms with E-state index in [1.54, 1.807) is 0 Å². The number of hydrogen-bond donors (Lipinski definition) is 1. The van der Waals surface area contributed by atoms with Crippen LogP contribution in [-0.4, -0.2) is 47.1 Å². The van der Waals surface area contributed by atoms with Crippen LogP contribution in [0.3, 0.4) is 0 Å². The third-order valence-electron chi connectivity index (χ3n) is 4.63. The Morgan fingerprint density at radius 3 is 2.50 bits per heavy atom. The number of aryl methyl sites for hydroxylation is 1. The number of rotatable bonds is 2. The number of piperidine rings is 2. The number of nitrogen functional groups attached to an aromatic ring is 1. The average Bonchev–Trinajstić information content (AvgIpc) is 2.51. The molecule has 0 saturated carbocycles. The smallest absolute Gasteiger partial charge is 0.221 e. The molecule has 5 nitrogen and oxygen atoms in total. The first kappa shape index (κ1) is 13.6. The number of likely N-dealkylation sites (tertiary alicyclic amines) is 1. The quantitative estimate of drug-likeness (QED) is 0.892. The highest BCUT2D eigenvalue weighted by atomic mass is 15.2. The Kier molecular flexibility index (Phi) is 4.05. The van der Waals surface area contributed by atoms with E-state index in [0.29, 0.717) is 5.95 Å². The third-order valence-corrected chi connectivity index (χ3v) is 4.63. The van der Waals surface area contributed by atoms with Gasteiger partial charge in [-0.05, 0) is 45.7 Å². The number of aromatic nitrogens is 2. The van der Waals surface area contributed by atoms with Crippen molar-refractivity contribution in [2.45, 2.75) is 45.1 Å². The topological polar surface area (TPSA) is 58.3 Å². The molecule has 2 aliphatic heterocycles. The Morgan fingerprint density at radius 1 is 1.10 bits per heavy atom. The summed E-state index contributed by atoms with van der Waals surface area (Å²) in [5.41, 5.74) is 6.84. The first-order valence-electron chi connectivity index (χ1n) is 7.82. The molecule has 0 aromatic carbocycles. The fourth-order valence-electron chi connectivity index (χ4n) is 3.49. The summed E-state index contributed by atoms with van der Waals surface area (Å²) in [6.07, 6.45) is 8.47. The zero-order chi connectivity index (χ0) is 13.9. The molecule has 110 valence electrons. The number of hydrogen-bond acceptors (Lipinski definition) is 5. The Balaban J connectivity index is 1.61. The molecular weight excluding hydrogens is 250 g/mol. The molecule has 1 aromatic heterocycles. The van der Waals surface area contributed by atoms with E-state index in [1.165, 1.54) is 45.2 Å².